The van der Waals surface area contributed by atoms with E-state index in [1.54, 1.807) is 0 Å². The molecule has 0 aliphatic carbocycles. The van der Waals surface area contributed by atoms with Crippen LogP contribution in [0.1, 0.15) is 5.56 Å². The Kier molecular flexibility index (Phi) is 2.17. The van der Waals surface area contributed by atoms with E-state index in [2.05, 4.69) is 37.8 Å². The van der Waals surface area contributed by atoms with Gasteiger partial charge in [-0.3, -0.25) is 0 Å². The Bertz CT molecular complexity index is 425. The van der Waals surface area contributed by atoms with Crippen LogP contribution < -0.4 is 0 Å². The monoisotopic (exact) mass is 285 g/mol. The number of urea groups is 1. The van der Waals surface area contributed by atoms with Gasteiger partial charge >= 0.3 is 6.03 Å². The quantitative estimate of drug-likeness (QED) is 0.732. The fraction of sp³-hybridized carbons (Fsp3) is 0. The van der Waals surface area contributed by atoms with Crippen molar-refractivity contribution in [3.05, 3.63) is 33.4 Å². The average molecular weight is 285 g/mol. The minimum atomic E-state index is -0.533. The molecule has 0 unspecified atom stereocenters. The lowest BCUT2D eigenvalue weighted by Crippen LogP contribution is -1.96. The van der Waals surface area contributed by atoms with Crippen molar-refractivity contribution >= 4 is 34.5 Å². The summed E-state index contributed by atoms with van der Waals surface area (Å²) < 4.78 is 1.01. The van der Waals surface area contributed by atoms with Crippen molar-refractivity contribution < 1.29 is 4.79 Å². The molecule has 1 heterocycles. The van der Waals surface area contributed by atoms with Crippen molar-refractivity contribution in [2.75, 3.05) is 0 Å². The predicted molar refractivity (Wildman–Crippen MR) is 55.9 cm³/mol. The lowest BCUT2D eigenvalue weighted by atomic mass is 10.2. The first kappa shape index (κ1) is 8.49. The van der Waals surface area contributed by atoms with E-state index in [0.717, 1.165) is 9.13 Å². The summed E-state index contributed by atoms with van der Waals surface area (Å²) in [5, 5.41) is 6.98. The largest absolute Gasteiger partial charge is 0.387 e. The van der Waals surface area contributed by atoms with Gasteiger partial charge in [0.15, 0.2) is 5.84 Å². The molecule has 0 aromatic heterocycles. The number of carbonyl (C=O) groups excluding carboxylic acids is 1. The van der Waals surface area contributed by atoms with Crippen molar-refractivity contribution in [3.63, 3.8) is 0 Å². The zero-order valence-corrected chi connectivity index (χ0v) is 8.59. The molecule has 0 radical (unpaired) electrons. The number of amidine groups is 1. The molecule has 1 aromatic carbocycles. The normalized spacial score (nSPS) is 14.8. The van der Waals surface area contributed by atoms with Gasteiger partial charge in [0.2, 0.25) is 0 Å². The molecular weight excluding hydrogens is 281 g/mol. The van der Waals surface area contributed by atoms with Crippen molar-refractivity contribution in [2.45, 2.75) is 0 Å². The van der Waals surface area contributed by atoms with Crippen LogP contribution in [0, 0.1) is 3.57 Å². The molecule has 2 rings (SSSR count). The Balaban J connectivity index is 2.48. The van der Waals surface area contributed by atoms with Gasteiger partial charge in [-0.05, 0) is 28.7 Å². The first-order valence-electron chi connectivity index (χ1n) is 3.56. The third-order valence-corrected chi connectivity index (χ3v) is 2.49. The van der Waals surface area contributed by atoms with Crippen LogP contribution in [0.4, 0.5) is 4.79 Å². The maximum Gasteiger partial charge on any atom is 0.387 e. The second-order valence-electron chi connectivity index (χ2n) is 2.40. The highest BCUT2D eigenvalue weighted by atomic mass is 127. The van der Waals surface area contributed by atoms with E-state index in [4.69, 9.17) is 0 Å². The van der Waals surface area contributed by atoms with Gasteiger partial charge in [-0.25, -0.2) is 4.79 Å². The molecule has 0 bridgehead atoms. The van der Waals surface area contributed by atoms with Crippen molar-refractivity contribution in [3.8, 4) is 0 Å². The first-order valence-corrected chi connectivity index (χ1v) is 4.64. The number of azo groups is 1. The first-order chi connectivity index (χ1) is 6.27. The highest BCUT2D eigenvalue weighted by Crippen LogP contribution is 2.15. The summed E-state index contributed by atoms with van der Waals surface area (Å²) in [6.45, 7) is 0. The smallest absolute Gasteiger partial charge is 0.242 e. The SMILES string of the molecule is O=C1N=NC(c2ccccc2I)=N1. The number of benzene rings is 1. The summed E-state index contributed by atoms with van der Waals surface area (Å²) >= 11 is 2.16. The molecule has 0 fully saturated rings. The molecule has 1 aliphatic rings. The van der Waals surface area contributed by atoms with Crippen LogP contribution in [0.15, 0.2) is 39.5 Å². The van der Waals surface area contributed by atoms with Gasteiger partial charge in [-0.2, -0.15) is 4.99 Å². The number of aliphatic imine (C=N–C) groups is 1. The van der Waals surface area contributed by atoms with E-state index in [1.165, 1.54) is 0 Å². The molecule has 0 spiro atoms. The Labute approximate surface area is 87.9 Å². The fourth-order valence-electron chi connectivity index (χ4n) is 0.982. The number of halogens is 1. The molecule has 64 valence electrons. The second kappa shape index (κ2) is 3.33. The summed E-state index contributed by atoms with van der Waals surface area (Å²) in [6.07, 6.45) is 0. The minimum absolute atomic E-state index is 0.398. The van der Waals surface area contributed by atoms with Crippen molar-refractivity contribution in [2.24, 2.45) is 15.2 Å². The highest BCUT2D eigenvalue weighted by Gasteiger charge is 2.13. The van der Waals surface area contributed by atoms with Crippen LogP contribution in [-0.4, -0.2) is 11.9 Å². The van der Waals surface area contributed by atoms with E-state index >= 15 is 0 Å². The third-order valence-electron chi connectivity index (χ3n) is 1.55. The van der Waals surface area contributed by atoms with Crippen LogP contribution in [0.25, 0.3) is 0 Å². The lowest BCUT2D eigenvalue weighted by molar-refractivity contribution is 0.257. The van der Waals surface area contributed by atoms with E-state index in [9.17, 15) is 4.79 Å². The topological polar surface area (TPSA) is 54.1 Å². The standard InChI is InChI=1S/C8H4IN3O/c9-6-4-2-1-3-5(6)7-10-8(13)12-11-7/h1-4H. The molecule has 1 aromatic rings. The van der Waals surface area contributed by atoms with Gasteiger partial charge < -0.3 is 0 Å². The van der Waals surface area contributed by atoms with Crippen molar-refractivity contribution in [1.82, 2.24) is 0 Å². The van der Waals surface area contributed by atoms with Gasteiger partial charge in [0, 0.05) is 9.13 Å². The van der Waals surface area contributed by atoms with Crippen LogP contribution in [-0.2, 0) is 0 Å². The Morgan fingerprint density at radius 3 is 2.54 bits per heavy atom. The lowest BCUT2D eigenvalue weighted by Gasteiger charge is -1.97. The molecule has 0 saturated carbocycles. The Hall–Kier alpha value is -1.11. The highest BCUT2D eigenvalue weighted by molar-refractivity contribution is 14.1. The van der Waals surface area contributed by atoms with Gasteiger partial charge in [0.05, 0.1) is 0 Å². The summed E-state index contributed by atoms with van der Waals surface area (Å²) in [5.74, 6) is 0.398. The summed E-state index contributed by atoms with van der Waals surface area (Å²) in [6, 6.07) is 7.04. The van der Waals surface area contributed by atoms with Gasteiger partial charge in [-0.15, -0.1) is 5.11 Å². The number of hydrogen-bond acceptors (Lipinski definition) is 2. The zero-order chi connectivity index (χ0) is 9.26. The number of rotatable bonds is 1. The van der Waals surface area contributed by atoms with E-state index in [1.807, 2.05) is 24.3 Å². The van der Waals surface area contributed by atoms with Gasteiger partial charge in [-0.1, -0.05) is 23.3 Å². The minimum Gasteiger partial charge on any atom is -0.242 e. The van der Waals surface area contributed by atoms with Crippen LogP contribution in [0.2, 0.25) is 0 Å². The van der Waals surface area contributed by atoms with E-state index < -0.39 is 6.03 Å². The Morgan fingerprint density at radius 2 is 1.92 bits per heavy atom. The molecule has 13 heavy (non-hydrogen) atoms. The zero-order valence-electron chi connectivity index (χ0n) is 6.44. The third kappa shape index (κ3) is 1.64. The molecule has 2 amide bonds. The molecule has 5 heteroatoms. The number of amides is 2. The average Bonchev–Trinajstić information content (AvgIpc) is 2.53. The molecule has 4 nitrogen and oxygen atoms in total. The number of hydrogen-bond donors (Lipinski definition) is 0. The maximum atomic E-state index is 10.7. The summed E-state index contributed by atoms with van der Waals surface area (Å²) in [5.41, 5.74) is 0.845. The summed E-state index contributed by atoms with van der Waals surface area (Å²) in [7, 11) is 0. The van der Waals surface area contributed by atoms with Crippen LogP contribution in [0.3, 0.4) is 0 Å². The summed E-state index contributed by atoms with van der Waals surface area (Å²) in [4.78, 5) is 14.3. The second-order valence-corrected chi connectivity index (χ2v) is 3.56. The molecule has 0 N–H and O–H groups in total. The molecule has 1 aliphatic heterocycles. The predicted octanol–water partition coefficient (Wildman–Crippen LogP) is 2.62. The van der Waals surface area contributed by atoms with Crippen LogP contribution in [0.5, 0.6) is 0 Å². The van der Waals surface area contributed by atoms with E-state index in [0.29, 0.717) is 5.84 Å². The fourth-order valence-corrected chi connectivity index (χ4v) is 1.61. The number of nitrogens with zero attached hydrogens (tertiary/aromatic N) is 3. The molecule has 0 atom stereocenters. The van der Waals surface area contributed by atoms with Crippen molar-refractivity contribution in [1.29, 1.82) is 0 Å². The molecule has 0 saturated heterocycles. The molecular formula is C8H4IN3O. The van der Waals surface area contributed by atoms with Crippen LogP contribution >= 0.6 is 22.6 Å². The van der Waals surface area contributed by atoms with E-state index in [-0.39, 0.29) is 0 Å². The maximum absolute atomic E-state index is 10.7. The number of carbonyl (C=O) groups is 1. The van der Waals surface area contributed by atoms with Gasteiger partial charge in [0.1, 0.15) is 0 Å². The Morgan fingerprint density at radius 1 is 1.15 bits per heavy atom. The van der Waals surface area contributed by atoms with Gasteiger partial charge in [0.25, 0.3) is 0 Å².